The number of hydrogen-bond donors (Lipinski definition) is 2. The molecule has 0 bridgehead atoms. The number of hydrogen-bond acceptors (Lipinski definition) is 4. The van der Waals surface area contributed by atoms with E-state index in [-0.39, 0.29) is 10.9 Å². The van der Waals surface area contributed by atoms with Gasteiger partial charge in [-0.25, -0.2) is 18.1 Å². The van der Waals surface area contributed by atoms with Gasteiger partial charge in [0.05, 0.1) is 5.02 Å². The lowest BCUT2D eigenvalue weighted by atomic mass is 10.2. The summed E-state index contributed by atoms with van der Waals surface area (Å²) in [6.07, 6.45) is 5.11. The van der Waals surface area contributed by atoms with Gasteiger partial charge in [0.15, 0.2) is 0 Å². The first-order chi connectivity index (χ1) is 9.90. The smallest absolute Gasteiger partial charge is 0.242 e. The minimum absolute atomic E-state index is 0.0953. The van der Waals surface area contributed by atoms with Gasteiger partial charge in [-0.2, -0.15) is 0 Å². The molecule has 0 radical (unpaired) electrons. The van der Waals surface area contributed by atoms with E-state index in [0.29, 0.717) is 10.8 Å². The average Bonchev–Trinajstić information content (AvgIpc) is 2.43. The third kappa shape index (κ3) is 5.80. The van der Waals surface area contributed by atoms with Crippen LogP contribution in [0.5, 0.6) is 0 Å². The molecule has 2 N–H and O–H groups in total. The molecule has 7 heteroatoms. The first-order valence-electron chi connectivity index (χ1n) is 7.32. The second-order valence-corrected chi connectivity index (χ2v) is 7.21. The number of halogens is 1. The van der Waals surface area contributed by atoms with Crippen LogP contribution in [0.15, 0.2) is 17.2 Å². The summed E-state index contributed by atoms with van der Waals surface area (Å²) in [5.41, 5.74) is 0. The van der Waals surface area contributed by atoms with Crippen molar-refractivity contribution in [2.24, 2.45) is 0 Å². The van der Waals surface area contributed by atoms with Gasteiger partial charge in [0.25, 0.3) is 0 Å². The Kier molecular flexibility index (Phi) is 7.42. The molecule has 21 heavy (non-hydrogen) atoms. The topological polar surface area (TPSA) is 71.1 Å². The fraction of sp³-hybridized carbons (Fsp3) is 0.643. The Balaban J connectivity index is 2.81. The van der Waals surface area contributed by atoms with E-state index in [2.05, 4.69) is 21.9 Å². The average molecular weight is 334 g/mol. The molecule has 1 aromatic heterocycles. The predicted octanol–water partition coefficient (Wildman–Crippen LogP) is 3.41. The van der Waals surface area contributed by atoms with Crippen LogP contribution in [0.2, 0.25) is 5.02 Å². The van der Waals surface area contributed by atoms with E-state index in [1.54, 1.807) is 0 Å². The van der Waals surface area contributed by atoms with Gasteiger partial charge < -0.3 is 5.32 Å². The van der Waals surface area contributed by atoms with Crippen molar-refractivity contribution in [3.63, 3.8) is 0 Å². The van der Waals surface area contributed by atoms with Crippen LogP contribution < -0.4 is 10.0 Å². The van der Waals surface area contributed by atoms with Crippen LogP contribution >= 0.6 is 11.6 Å². The van der Waals surface area contributed by atoms with Crippen LogP contribution in [0.4, 0.5) is 5.82 Å². The highest BCUT2D eigenvalue weighted by Gasteiger charge is 2.19. The zero-order valence-corrected chi connectivity index (χ0v) is 14.4. The summed E-state index contributed by atoms with van der Waals surface area (Å²) in [5, 5.41) is 3.36. The van der Waals surface area contributed by atoms with Crippen molar-refractivity contribution in [1.82, 2.24) is 9.71 Å². The molecule has 1 rings (SSSR count). The largest absolute Gasteiger partial charge is 0.369 e. The van der Waals surface area contributed by atoms with Crippen molar-refractivity contribution in [1.29, 1.82) is 0 Å². The van der Waals surface area contributed by atoms with Crippen LogP contribution in [0, 0.1) is 0 Å². The van der Waals surface area contributed by atoms with Crippen LogP contribution in [0.25, 0.3) is 0 Å². The van der Waals surface area contributed by atoms with E-state index in [1.807, 2.05) is 13.8 Å². The monoisotopic (exact) mass is 333 g/mol. The molecule has 0 aliphatic rings. The predicted molar refractivity (Wildman–Crippen MR) is 87.3 cm³/mol. The highest BCUT2D eigenvalue weighted by Crippen LogP contribution is 2.22. The molecule has 0 saturated heterocycles. The highest BCUT2D eigenvalue weighted by atomic mass is 35.5. The van der Waals surface area contributed by atoms with E-state index in [9.17, 15) is 8.42 Å². The Bertz CT molecular complexity index is 549. The Morgan fingerprint density at radius 1 is 1.33 bits per heavy atom. The number of unbranched alkanes of at least 4 members (excludes halogenated alkanes) is 1. The fourth-order valence-corrected chi connectivity index (χ4v) is 3.39. The third-order valence-electron chi connectivity index (χ3n) is 3.02. The summed E-state index contributed by atoms with van der Waals surface area (Å²) < 4.78 is 27.2. The van der Waals surface area contributed by atoms with Crippen molar-refractivity contribution in [3.05, 3.63) is 17.3 Å². The normalized spacial score (nSPS) is 13.1. The second kappa shape index (κ2) is 8.56. The quantitative estimate of drug-likeness (QED) is 0.726. The highest BCUT2D eigenvalue weighted by molar-refractivity contribution is 7.89. The molecule has 0 aliphatic heterocycles. The van der Waals surface area contributed by atoms with Crippen molar-refractivity contribution in [2.75, 3.05) is 11.9 Å². The van der Waals surface area contributed by atoms with Crippen LogP contribution in [-0.2, 0) is 10.0 Å². The zero-order valence-electron chi connectivity index (χ0n) is 12.8. The number of pyridine rings is 1. The Labute approximate surface area is 132 Å². The Morgan fingerprint density at radius 3 is 2.62 bits per heavy atom. The van der Waals surface area contributed by atoms with E-state index >= 15 is 0 Å². The van der Waals surface area contributed by atoms with Gasteiger partial charge in [0.2, 0.25) is 10.0 Å². The van der Waals surface area contributed by atoms with Gasteiger partial charge in [-0.3, -0.25) is 0 Å². The summed E-state index contributed by atoms with van der Waals surface area (Å²) in [5.74, 6) is 0.511. The molecule has 0 fully saturated rings. The fourth-order valence-electron chi connectivity index (χ4n) is 1.84. The standard InChI is InChI=1S/C14H24ClN3O2S/c1-4-6-7-11(3)18-21(19,20)12-9-13(15)14(17-10-12)16-8-5-2/h9-11,18H,4-8H2,1-3H3,(H,16,17). The Morgan fingerprint density at radius 2 is 2.05 bits per heavy atom. The number of aromatic nitrogens is 1. The van der Waals surface area contributed by atoms with E-state index < -0.39 is 10.0 Å². The van der Waals surface area contributed by atoms with Crippen molar-refractivity contribution < 1.29 is 8.42 Å². The van der Waals surface area contributed by atoms with Gasteiger partial charge in [0.1, 0.15) is 10.7 Å². The van der Waals surface area contributed by atoms with Crippen molar-refractivity contribution in [3.8, 4) is 0 Å². The van der Waals surface area contributed by atoms with Crippen LogP contribution in [0.1, 0.15) is 46.5 Å². The molecule has 0 amide bonds. The van der Waals surface area contributed by atoms with Crippen LogP contribution in [-0.4, -0.2) is 26.0 Å². The molecule has 0 spiro atoms. The van der Waals surface area contributed by atoms with Gasteiger partial charge in [-0.05, 0) is 25.8 Å². The van der Waals surface area contributed by atoms with Gasteiger partial charge in [-0.1, -0.05) is 38.3 Å². The number of nitrogens with one attached hydrogen (secondary N) is 2. The lowest BCUT2D eigenvalue weighted by molar-refractivity contribution is 0.534. The number of anilines is 1. The molecule has 0 saturated carbocycles. The SMILES string of the molecule is CCCCC(C)NS(=O)(=O)c1cnc(NCCC)c(Cl)c1. The molecule has 1 atom stereocenters. The molecule has 0 aromatic carbocycles. The molecule has 120 valence electrons. The number of sulfonamides is 1. The molecule has 1 heterocycles. The second-order valence-electron chi connectivity index (χ2n) is 5.09. The lowest BCUT2D eigenvalue weighted by Gasteiger charge is -2.14. The minimum atomic E-state index is -3.57. The summed E-state index contributed by atoms with van der Waals surface area (Å²) in [6, 6.07) is 1.33. The van der Waals surface area contributed by atoms with Gasteiger partial charge in [0, 0.05) is 18.8 Å². The molecule has 1 aromatic rings. The summed E-state index contributed by atoms with van der Waals surface area (Å²) in [4.78, 5) is 4.18. The van der Waals surface area contributed by atoms with E-state index in [4.69, 9.17) is 11.6 Å². The molecule has 1 unspecified atom stereocenters. The summed E-state index contributed by atoms with van der Waals surface area (Å²) >= 11 is 6.07. The molecule has 5 nitrogen and oxygen atoms in total. The third-order valence-corrected chi connectivity index (χ3v) is 4.86. The van der Waals surface area contributed by atoms with E-state index in [0.717, 1.165) is 32.2 Å². The first-order valence-corrected chi connectivity index (χ1v) is 9.18. The van der Waals surface area contributed by atoms with Gasteiger partial charge >= 0.3 is 0 Å². The van der Waals surface area contributed by atoms with E-state index in [1.165, 1.54) is 12.3 Å². The van der Waals surface area contributed by atoms with Crippen molar-refractivity contribution >= 4 is 27.4 Å². The summed E-state index contributed by atoms with van der Waals surface area (Å²) in [7, 11) is -3.57. The van der Waals surface area contributed by atoms with Crippen molar-refractivity contribution in [2.45, 2.75) is 57.4 Å². The van der Waals surface area contributed by atoms with Crippen LogP contribution in [0.3, 0.4) is 0 Å². The maximum absolute atomic E-state index is 12.3. The Hall–Kier alpha value is -0.850. The first kappa shape index (κ1) is 18.2. The zero-order chi connectivity index (χ0) is 15.9. The molecule has 0 aliphatic carbocycles. The number of nitrogens with zero attached hydrogens (tertiary/aromatic N) is 1. The molecular weight excluding hydrogens is 310 g/mol. The molecular formula is C14H24ClN3O2S. The summed E-state index contributed by atoms with van der Waals surface area (Å²) in [6.45, 7) is 6.71. The number of rotatable bonds is 9. The maximum atomic E-state index is 12.3. The maximum Gasteiger partial charge on any atom is 0.242 e. The van der Waals surface area contributed by atoms with Gasteiger partial charge in [-0.15, -0.1) is 0 Å². The lowest BCUT2D eigenvalue weighted by Crippen LogP contribution is -2.32. The minimum Gasteiger partial charge on any atom is -0.369 e.